The molecule has 0 aliphatic heterocycles. The predicted molar refractivity (Wildman–Crippen MR) is 75.4 cm³/mol. The molecule has 19 heavy (non-hydrogen) atoms. The van der Waals surface area contributed by atoms with Crippen molar-refractivity contribution in [3.05, 3.63) is 0 Å². The number of nitrogens with one attached hydrogen (secondary N) is 1. The molecule has 2 N–H and O–H groups in total. The Bertz CT molecular complexity index is 282. The Morgan fingerprint density at radius 1 is 1.42 bits per heavy atom. The molecule has 0 bridgehead atoms. The third-order valence-corrected chi connectivity index (χ3v) is 3.72. The van der Waals surface area contributed by atoms with E-state index in [1.54, 1.807) is 7.11 Å². The van der Waals surface area contributed by atoms with Gasteiger partial charge in [-0.25, -0.2) is 0 Å². The van der Waals surface area contributed by atoms with Crippen molar-refractivity contribution < 1.29 is 14.6 Å². The Balaban J connectivity index is 2.19. The number of rotatable bonds is 11. The second-order valence-corrected chi connectivity index (χ2v) is 5.81. The van der Waals surface area contributed by atoms with Crippen LogP contribution in [0.15, 0.2) is 0 Å². The molecular formula is C14H28N2O3. The van der Waals surface area contributed by atoms with Crippen LogP contribution in [0, 0.1) is 0 Å². The molecule has 1 aliphatic rings. The van der Waals surface area contributed by atoms with E-state index in [0.717, 1.165) is 45.4 Å². The summed E-state index contributed by atoms with van der Waals surface area (Å²) in [6.07, 6.45) is 4.87. The zero-order valence-electron chi connectivity index (χ0n) is 12.4. The largest absolute Gasteiger partial charge is 0.480 e. The van der Waals surface area contributed by atoms with E-state index in [1.807, 2.05) is 6.92 Å². The first-order chi connectivity index (χ1) is 8.98. The summed E-state index contributed by atoms with van der Waals surface area (Å²) in [5, 5.41) is 12.6. The van der Waals surface area contributed by atoms with Gasteiger partial charge in [0.1, 0.15) is 5.54 Å². The minimum Gasteiger partial charge on any atom is -0.480 e. The molecule has 0 aromatic heterocycles. The highest BCUT2D eigenvalue weighted by atomic mass is 16.5. The fourth-order valence-corrected chi connectivity index (χ4v) is 2.14. The van der Waals surface area contributed by atoms with Gasteiger partial charge >= 0.3 is 5.97 Å². The number of hydrogen-bond acceptors (Lipinski definition) is 4. The molecule has 5 heteroatoms. The lowest BCUT2D eigenvalue weighted by atomic mass is 9.94. The average Bonchev–Trinajstić information content (AvgIpc) is 3.15. The smallest absolute Gasteiger partial charge is 0.323 e. The van der Waals surface area contributed by atoms with Gasteiger partial charge in [-0.05, 0) is 52.6 Å². The molecule has 1 atom stereocenters. The number of ether oxygens (including phenoxy) is 1. The monoisotopic (exact) mass is 272 g/mol. The lowest BCUT2D eigenvalue weighted by molar-refractivity contribution is -0.144. The maximum absolute atomic E-state index is 11.4. The molecule has 0 saturated heterocycles. The van der Waals surface area contributed by atoms with E-state index in [4.69, 9.17) is 4.74 Å². The summed E-state index contributed by atoms with van der Waals surface area (Å²) in [6.45, 7) is 4.46. The van der Waals surface area contributed by atoms with Crippen LogP contribution in [0.3, 0.4) is 0 Å². The minimum absolute atomic E-state index is 0.422. The quantitative estimate of drug-likeness (QED) is 0.556. The number of carbonyl (C=O) groups is 1. The van der Waals surface area contributed by atoms with Gasteiger partial charge in [-0.3, -0.25) is 10.1 Å². The van der Waals surface area contributed by atoms with Gasteiger partial charge in [-0.15, -0.1) is 0 Å². The predicted octanol–water partition coefficient (Wildman–Crippen LogP) is 1.33. The minimum atomic E-state index is -0.758. The van der Waals surface area contributed by atoms with Gasteiger partial charge in [-0.1, -0.05) is 0 Å². The van der Waals surface area contributed by atoms with Crippen molar-refractivity contribution in [2.45, 2.75) is 50.6 Å². The van der Waals surface area contributed by atoms with E-state index in [-0.39, 0.29) is 0 Å². The first-order valence-electron chi connectivity index (χ1n) is 7.16. The second kappa shape index (κ2) is 7.82. The molecule has 0 spiro atoms. The fraction of sp³-hybridized carbons (Fsp3) is 0.929. The number of likely N-dealkylation sites (N-methyl/N-ethyl adjacent to an activating group) is 1. The molecule has 1 fully saturated rings. The summed E-state index contributed by atoms with van der Waals surface area (Å²) in [4.78, 5) is 13.6. The van der Waals surface area contributed by atoms with Crippen LogP contribution in [0.2, 0.25) is 0 Å². The van der Waals surface area contributed by atoms with Crippen LogP contribution < -0.4 is 5.32 Å². The summed E-state index contributed by atoms with van der Waals surface area (Å²) in [7, 11) is 3.77. The van der Waals surface area contributed by atoms with E-state index in [0.29, 0.717) is 12.5 Å². The summed E-state index contributed by atoms with van der Waals surface area (Å²) in [6, 6.07) is 0.422. The number of unbranched alkanes of at least 4 members (excludes halogenated alkanes) is 1. The number of carboxylic acid groups (broad SMARTS) is 1. The number of nitrogens with zero attached hydrogens (tertiary/aromatic N) is 1. The third kappa shape index (κ3) is 6.36. The molecule has 0 heterocycles. The van der Waals surface area contributed by atoms with Crippen LogP contribution >= 0.6 is 0 Å². The molecule has 0 aromatic carbocycles. The van der Waals surface area contributed by atoms with Gasteiger partial charge in [0.25, 0.3) is 0 Å². The standard InChI is InChI=1S/C14H28N2O3/c1-14(13(17)18,15-12-6-7-12)8-4-5-9-16(2)10-11-19-3/h12,15H,4-11H2,1-3H3,(H,17,18). The Kier molecular flexibility index (Phi) is 6.75. The molecule has 0 radical (unpaired) electrons. The van der Waals surface area contributed by atoms with Crippen molar-refractivity contribution in [2.24, 2.45) is 0 Å². The lowest BCUT2D eigenvalue weighted by Crippen LogP contribution is -2.50. The fourth-order valence-electron chi connectivity index (χ4n) is 2.14. The van der Waals surface area contributed by atoms with Crippen LogP contribution in [0.5, 0.6) is 0 Å². The van der Waals surface area contributed by atoms with E-state index in [1.165, 1.54) is 0 Å². The molecule has 1 unspecified atom stereocenters. The Labute approximate surface area is 116 Å². The number of aliphatic carboxylic acids is 1. The zero-order valence-corrected chi connectivity index (χ0v) is 12.4. The first-order valence-corrected chi connectivity index (χ1v) is 7.16. The molecule has 1 aliphatic carbocycles. The Morgan fingerprint density at radius 3 is 2.63 bits per heavy atom. The molecule has 0 aromatic rings. The van der Waals surface area contributed by atoms with Crippen LogP contribution in [0.4, 0.5) is 0 Å². The van der Waals surface area contributed by atoms with Gasteiger partial charge in [0.05, 0.1) is 6.61 Å². The van der Waals surface area contributed by atoms with E-state index < -0.39 is 11.5 Å². The number of methoxy groups -OCH3 is 1. The number of hydrogen-bond donors (Lipinski definition) is 2. The van der Waals surface area contributed by atoms with Crippen LogP contribution in [0.1, 0.15) is 39.0 Å². The van der Waals surface area contributed by atoms with Crippen molar-refractivity contribution in [1.29, 1.82) is 0 Å². The molecular weight excluding hydrogens is 244 g/mol. The molecule has 112 valence electrons. The van der Waals surface area contributed by atoms with E-state index in [9.17, 15) is 9.90 Å². The molecule has 0 amide bonds. The Hall–Kier alpha value is -0.650. The van der Waals surface area contributed by atoms with Crippen molar-refractivity contribution in [2.75, 3.05) is 33.9 Å². The highest BCUT2D eigenvalue weighted by Crippen LogP contribution is 2.25. The van der Waals surface area contributed by atoms with Gasteiger partial charge in [-0.2, -0.15) is 0 Å². The van der Waals surface area contributed by atoms with Crippen molar-refractivity contribution >= 4 is 5.97 Å². The van der Waals surface area contributed by atoms with Gasteiger partial charge in [0.15, 0.2) is 0 Å². The van der Waals surface area contributed by atoms with E-state index >= 15 is 0 Å². The molecule has 1 rings (SSSR count). The number of carboxylic acids is 1. The summed E-state index contributed by atoms with van der Waals surface area (Å²) >= 11 is 0. The SMILES string of the molecule is COCCN(C)CCCCC(C)(NC1CC1)C(=O)O. The normalized spacial score (nSPS) is 18.5. The van der Waals surface area contributed by atoms with Crippen LogP contribution in [-0.4, -0.2) is 61.4 Å². The van der Waals surface area contributed by atoms with Crippen molar-refractivity contribution in [1.82, 2.24) is 10.2 Å². The van der Waals surface area contributed by atoms with Crippen LogP contribution in [0.25, 0.3) is 0 Å². The molecule has 1 saturated carbocycles. The van der Waals surface area contributed by atoms with Crippen LogP contribution in [-0.2, 0) is 9.53 Å². The first kappa shape index (κ1) is 16.4. The average molecular weight is 272 g/mol. The second-order valence-electron chi connectivity index (χ2n) is 5.81. The van der Waals surface area contributed by atoms with Gasteiger partial charge in [0.2, 0.25) is 0 Å². The maximum atomic E-state index is 11.4. The zero-order chi connectivity index (χ0) is 14.3. The lowest BCUT2D eigenvalue weighted by Gasteiger charge is -2.26. The molecule has 5 nitrogen and oxygen atoms in total. The van der Waals surface area contributed by atoms with Crippen molar-refractivity contribution in [3.63, 3.8) is 0 Å². The maximum Gasteiger partial charge on any atom is 0.323 e. The third-order valence-electron chi connectivity index (χ3n) is 3.72. The summed E-state index contributed by atoms with van der Waals surface area (Å²) in [5.41, 5.74) is -0.758. The highest BCUT2D eigenvalue weighted by Gasteiger charge is 2.37. The Morgan fingerprint density at radius 2 is 2.11 bits per heavy atom. The van der Waals surface area contributed by atoms with E-state index in [2.05, 4.69) is 17.3 Å². The summed E-state index contributed by atoms with van der Waals surface area (Å²) in [5.74, 6) is -0.730. The topological polar surface area (TPSA) is 61.8 Å². The van der Waals surface area contributed by atoms with Gasteiger partial charge < -0.3 is 14.7 Å². The van der Waals surface area contributed by atoms with Crippen molar-refractivity contribution in [3.8, 4) is 0 Å². The van der Waals surface area contributed by atoms with Gasteiger partial charge in [0, 0.05) is 19.7 Å². The summed E-state index contributed by atoms with van der Waals surface area (Å²) < 4.78 is 5.03. The highest BCUT2D eigenvalue weighted by molar-refractivity contribution is 5.78.